The molecule has 0 aliphatic rings. The largest absolute Gasteiger partial charge is 0.493 e. The first kappa shape index (κ1) is 27.1. The predicted molar refractivity (Wildman–Crippen MR) is 164 cm³/mol. The van der Waals surface area contributed by atoms with Crippen molar-refractivity contribution in [3.05, 3.63) is 109 Å². The Morgan fingerprint density at radius 3 is 2.59 bits per heavy atom. The average molecular weight is 649 g/mol. The van der Waals surface area contributed by atoms with Gasteiger partial charge < -0.3 is 9.47 Å². The Morgan fingerprint density at radius 1 is 1.00 bits per heavy atom. The summed E-state index contributed by atoms with van der Waals surface area (Å²) in [6, 6.07) is 23.6. The highest BCUT2D eigenvalue weighted by molar-refractivity contribution is 9.10. The number of ether oxygens (including phenoxy) is 2. The molecule has 0 fully saturated rings. The van der Waals surface area contributed by atoms with E-state index in [9.17, 15) is 4.79 Å². The van der Waals surface area contributed by atoms with E-state index in [-0.39, 0.29) is 11.5 Å². The van der Waals surface area contributed by atoms with Gasteiger partial charge in [-0.2, -0.15) is 9.78 Å². The fourth-order valence-corrected chi connectivity index (χ4v) is 5.27. The second kappa shape index (κ2) is 11.7. The zero-order chi connectivity index (χ0) is 27.5. The SMILES string of the molecule is CC[C@@H](C)c1nc2ccc(Br)cc2c(=O)n1N=Cc1cc(Br)cc(OC)c1OCc1cccc2ccccc12. The van der Waals surface area contributed by atoms with Gasteiger partial charge in [0.25, 0.3) is 5.56 Å². The van der Waals surface area contributed by atoms with E-state index in [1.807, 2.05) is 49.4 Å². The molecule has 4 aromatic carbocycles. The molecule has 0 N–H and O–H groups in total. The van der Waals surface area contributed by atoms with Crippen LogP contribution in [-0.2, 0) is 6.61 Å². The van der Waals surface area contributed by atoms with Crippen LogP contribution in [-0.4, -0.2) is 23.0 Å². The van der Waals surface area contributed by atoms with Gasteiger partial charge in [0.05, 0.1) is 24.2 Å². The molecule has 0 spiro atoms. The maximum atomic E-state index is 13.6. The zero-order valence-electron chi connectivity index (χ0n) is 21.8. The van der Waals surface area contributed by atoms with Crippen molar-refractivity contribution in [1.82, 2.24) is 9.66 Å². The van der Waals surface area contributed by atoms with E-state index in [0.717, 1.165) is 31.7 Å². The molecular formula is C31H27Br2N3O3. The van der Waals surface area contributed by atoms with E-state index in [1.165, 1.54) is 4.68 Å². The van der Waals surface area contributed by atoms with Crippen molar-refractivity contribution in [3.8, 4) is 11.5 Å². The van der Waals surface area contributed by atoms with E-state index in [4.69, 9.17) is 14.5 Å². The summed E-state index contributed by atoms with van der Waals surface area (Å²) in [5.41, 5.74) is 2.14. The van der Waals surface area contributed by atoms with Crippen LogP contribution in [0, 0.1) is 0 Å². The molecule has 198 valence electrons. The Labute approximate surface area is 243 Å². The standard InChI is InChI=1S/C31H27Br2N3O3/c1-4-19(2)30-35-27-13-12-23(32)15-26(27)31(37)36(30)34-17-22-14-24(33)16-28(38-3)29(22)39-18-21-10-7-9-20-8-5-6-11-25(20)21/h5-17,19H,4,18H2,1-3H3/t19-/m1/s1. The smallest absolute Gasteiger partial charge is 0.282 e. The lowest BCUT2D eigenvalue weighted by atomic mass is 10.1. The van der Waals surface area contributed by atoms with Gasteiger partial charge in [-0.05, 0) is 53.1 Å². The lowest BCUT2D eigenvalue weighted by molar-refractivity contribution is 0.285. The summed E-state index contributed by atoms with van der Waals surface area (Å²) in [4.78, 5) is 18.4. The summed E-state index contributed by atoms with van der Waals surface area (Å²) < 4.78 is 15.0. The predicted octanol–water partition coefficient (Wildman–Crippen LogP) is 8.06. The van der Waals surface area contributed by atoms with E-state index >= 15 is 0 Å². The molecule has 5 rings (SSSR count). The Hall–Kier alpha value is -3.49. The molecule has 39 heavy (non-hydrogen) atoms. The van der Waals surface area contributed by atoms with Crippen molar-refractivity contribution >= 4 is 59.7 Å². The maximum absolute atomic E-state index is 13.6. The molecule has 1 heterocycles. The zero-order valence-corrected chi connectivity index (χ0v) is 25.0. The minimum absolute atomic E-state index is 0.0297. The van der Waals surface area contributed by atoms with Crippen LogP contribution in [0.1, 0.15) is 43.1 Å². The third kappa shape index (κ3) is 5.63. The number of fused-ring (bicyclic) bond motifs is 2. The summed E-state index contributed by atoms with van der Waals surface area (Å²) in [6.07, 6.45) is 2.44. The first-order chi connectivity index (χ1) is 18.9. The number of rotatable bonds is 8. The Kier molecular flexibility index (Phi) is 8.14. The first-order valence-corrected chi connectivity index (χ1v) is 14.2. The summed E-state index contributed by atoms with van der Waals surface area (Å²) in [5, 5.41) is 7.42. The van der Waals surface area contributed by atoms with E-state index < -0.39 is 0 Å². The quantitative estimate of drug-likeness (QED) is 0.160. The minimum Gasteiger partial charge on any atom is -0.493 e. The summed E-state index contributed by atoms with van der Waals surface area (Å²) >= 11 is 7.03. The number of nitrogens with zero attached hydrogens (tertiary/aromatic N) is 3. The molecule has 0 radical (unpaired) electrons. The van der Waals surface area contributed by atoms with Crippen LogP contribution in [0.3, 0.4) is 0 Å². The fraction of sp³-hybridized carbons (Fsp3) is 0.194. The third-order valence-corrected chi connectivity index (χ3v) is 7.67. The molecule has 0 unspecified atom stereocenters. The number of halogens is 2. The molecule has 5 aromatic rings. The van der Waals surface area contributed by atoms with Gasteiger partial charge in [-0.3, -0.25) is 4.79 Å². The molecule has 8 heteroatoms. The van der Waals surface area contributed by atoms with Crippen molar-refractivity contribution in [1.29, 1.82) is 0 Å². The molecular weight excluding hydrogens is 622 g/mol. The van der Waals surface area contributed by atoms with Gasteiger partial charge in [0.1, 0.15) is 12.4 Å². The number of hydrogen-bond donors (Lipinski definition) is 0. The van der Waals surface area contributed by atoms with E-state index in [2.05, 4.69) is 68.2 Å². The summed E-state index contributed by atoms with van der Waals surface area (Å²) in [5.74, 6) is 1.73. The van der Waals surface area contributed by atoms with Crippen LogP contribution >= 0.6 is 31.9 Å². The van der Waals surface area contributed by atoms with Crippen LogP contribution in [0.2, 0.25) is 0 Å². The van der Waals surface area contributed by atoms with Gasteiger partial charge in [0.2, 0.25) is 0 Å². The van der Waals surface area contributed by atoms with E-state index in [1.54, 1.807) is 19.4 Å². The molecule has 0 saturated carbocycles. The lowest BCUT2D eigenvalue weighted by Gasteiger charge is -2.16. The topological polar surface area (TPSA) is 65.7 Å². The Balaban J connectivity index is 1.59. The number of aromatic nitrogens is 2. The van der Waals surface area contributed by atoms with Crippen LogP contribution in [0.5, 0.6) is 11.5 Å². The highest BCUT2D eigenvalue weighted by Gasteiger charge is 2.17. The summed E-state index contributed by atoms with van der Waals surface area (Å²) in [7, 11) is 1.60. The number of benzene rings is 4. The van der Waals surface area contributed by atoms with Crippen LogP contribution in [0.15, 0.2) is 91.6 Å². The first-order valence-electron chi connectivity index (χ1n) is 12.6. The lowest BCUT2D eigenvalue weighted by Crippen LogP contribution is -2.23. The summed E-state index contributed by atoms with van der Waals surface area (Å²) in [6.45, 7) is 4.44. The molecule has 0 aliphatic heterocycles. The minimum atomic E-state index is -0.229. The highest BCUT2D eigenvalue weighted by atomic mass is 79.9. The van der Waals surface area contributed by atoms with Crippen LogP contribution in [0.25, 0.3) is 21.7 Å². The molecule has 1 aromatic heterocycles. The van der Waals surface area contributed by atoms with Crippen molar-refractivity contribution in [2.24, 2.45) is 5.10 Å². The molecule has 0 aliphatic carbocycles. The Bertz CT molecular complexity index is 1760. The fourth-order valence-electron chi connectivity index (χ4n) is 4.46. The molecule has 6 nitrogen and oxygen atoms in total. The molecule has 0 saturated heterocycles. The van der Waals surface area contributed by atoms with Crippen LogP contribution < -0.4 is 15.0 Å². The monoisotopic (exact) mass is 647 g/mol. The average Bonchev–Trinajstić information content (AvgIpc) is 2.95. The number of methoxy groups -OCH3 is 1. The normalized spacial score (nSPS) is 12.3. The van der Waals surface area contributed by atoms with Gasteiger partial charge in [-0.25, -0.2) is 4.98 Å². The van der Waals surface area contributed by atoms with Crippen molar-refractivity contribution in [2.75, 3.05) is 7.11 Å². The van der Waals surface area contributed by atoms with Gasteiger partial charge in [-0.1, -0.05) is 88.2 Å². The maximum Gasteiger partial charge on any atom is 0.282 e. The molecule has 1 atom stereocenters. The van der Waals surface area contributed by atoms with Crippen LogP contribution in [0.4, 0.5) is 0 Å². The van der Waals surface area contributed by atoms with Gasteiger partial charge in [0.15, 0.2) is 11.5 Å². The van der Waals surface area contributed by atoms with Crippen molar-refractivity contribution in [2.45, 2.75) is 32.8 Å². The van der Waals surface area contributed by atoms with Gasteiger partial charge in [-0.15, -0.1) is 0 Å². The van der Waals surface area contributed by atoms with E-state index in [0.29, 0.717) is 40.4 Å². The second-order valence-corrected chi connectivity index (χ2v) is 11.1. The second-order valence-electron chi connectivity index (χ2n) is 9.26. The third-order valence-electron chi connectivity index (χ3n) is 6.72. The van der Waals surface area contributed by atoms with Crippen molar-refractivity contribution < 1.29 is 9.47 Å². The highest BCUT2D eigenvalue weighted by Crippen LogP contribution is 2.35. The van der Waals surface area contributed by atoms with Gasteiger partial charge in [0, 0.05) is 20.4 Å². The van der Waals surface area contributed by atoms with Gasteiger partial charge >= 0.3 is 0 Å². The Morgan fingerprint density at radius 2 is 1.79 bits per heavy atom. The van der Waals surface area contributed by atoms with Crippen molar-refractivity contribution in [3.63, 3.8) is 0 Å². The molecule has 0 bridgehead atoms. The number of hydrogen-bond acceptors (Lipinski definition) is 5. The molecule has 0 amide bonds.